The van der Waals surface area contributed by atoms with Crippen molar-refractivity contribution in [3.8, 4) is 23.4 Å². The Hall–Kier alpha value is -4.76. The number of carbonyl (C=O) groups is 1. The summed E-state index contributed by atoms with van der Waals surface area (Å²) in [6, 6.07) is 13.2. The molecule has 0 spiro atoms. The summed E-state index contributed by atoms with van der Waals surface area (Å²) in [6.45, 7) is 1.38. The average molecular weight is 557 g/mol. The number of rotatable bonds is 8. The molecule has 39 heavy (non-hydrogen) atoms. The molecular formula is C26H16ClF3N4O5. The van der Waals surface area contributed by atoms with Crippen molar-refractivity contribution < 1.29 is 32.4 Å². The summed E-state index contributed by atoms with van der Waals surface area (Å²) in [5.74, 6) is -1.54. The van der Waals surface area contributed by atoms with Gasteiger partial charge in [0.05, 0.1) is 27.7 Å². The number of alkyl halides is 3. The van der Waals surface area contributed by atoms with Gasteiger partial charge in [-0.15, -0.1) is 0 Å². The third-order valence-corrected chi connectivity index (χ3v) is 5.80. The first-order valence-electron chi connectivity index (χ1n) is 11.2. The first-order valence-corrected chi connectivity index (χ1v) is 11.5. The number of ketones is 1. The van der Waals surface area contributed by atoms with Gasteiger partial charge in [0, 0.05) is 29.1 Å². The van der Waals surface area contributed by atoms with Crippen LogP contribution in [-0.2, 0) is 16.6 Å². The summed E-state index contributed by atoms with van der Waals surface area (Å²) >= 11 is 5.95. The summed E-state index contributed by atoms with van der Waals surface area (Å²) in [4.78, 5) is 32.4. The Bertz CT molecular complexity index is 1640. The van der Waals surface area contributed by atoms with Crippen LogP contribution >= 0.6 is 11.6 Å². The van der Waals surface area contributed by atoms with Gasteiger partial charge in [-0.25, -0.2) is 9.97 Å². The van der Waals surface area contributed by atoms with Crippen molar-refractivity contribution in [1.29, 1.82) is 5.26 Å². The van der Waals surface area contributed by atoms with Crippen LogP contribution in [0.15, 0.2) is 66.9 Å². The summed E-state index contributed by atoms with van der Waals surface area (Å²) in [7, 11) is 0. The minimum Gasteiger partial charge on any atom is -0.453 e. The minimum absolute atomic E-state index is 0.00122. The minimum atomic E-state index is -4.78. The molecule has 1 heterocycles. The number of nitro benzene ring substituents is 1. The van der Waals surface area contributed by atoms with E-state index in [4.69, 9.17) is 21.1 Å². The van der Waals surface area contributed by atoms with Crippen LogP contribution in [0.3, 0.4) is 0 Å². The molecule has 198 valence electrons. The van der Waals surface area contributed by atoms with Crippen LogP contribution in [-0.4, -0.2) is 20.7 Å². The van der Waals surface area contributed by atoms with E-state index in [1.54, 1.807) is 24.3 Å². The summed E-state index contributed by atoms with van der Waals surface area (Å²) in [5, 5.41) is 22.2. The van der Waals surface area contributed by atoms with Crippen molar-refractivity contribution in [1.82, 2.24) is 9.97 Å². The van der Waals surface area contributed by atoms with Gasteiger partial charge in [-0.05, 0) is 36.4 Å². The summed E-state index contributed by atoms with van der Waals surface area (Å²) < 4.78 is 51.5. The van der Waals surface area contributed by atoms with Gasteiger partial charge in [0.2, 0.25) is 11.6 Å². The van der Waals surface area contributed by atoms with Gasteiger partial charge in [-0.3, -0.25) is 14.9 Å². The number of hydrogen-bond donors (Lipinski definition) is 0. The van der Waals surface area contributed by atoms with E-state index in [-0.39, 0.29) is 18.1 Å². The van der Waals surface area contributed by atoms with E-state index in [1.807, 2.05) is 0 Å². The van der Waals surface area contributed by atoms with Gasteiger partial charge >= 0.3 is 11.9 Å². The van der Waals surface area contributed by atoms with E-state index in [0.29, 0.717) is 22.1 Å². The first kappa shape index (κ1) is 27.3. The maximum Gasteiger partial charge on any atom is 0.416 e. The number of Topliss-reactive ketones (excluding diaryl/α,β-unsaturated/α-hetero) is 1. The fourth-order valence-electron chi connectivity index (χ4n) is 3.68. The Kier molecular flexibility index (Phi) is 7.38. The van der Waals surface area contributed by atoms with Crippen molar-refractivity contribution in [3.05, 3.63) is 93.1 Å². The van der Waals surface area contributed by atoms with Crippen LogP contribution in [0, 0.1) is 21.4 Å². The zero-order valence-electron chi connectivity index (χ0n) is 19.9. The number of fused-ring (bicyclic) bond motifs is 1. The van der Waals surface area contributed by atoms with Crippen LogP contribution in [0.25, 0.3) is 11.0 Å². The van der Waals surface area contributed by atoms with Crippen LogP contribution in [0.2, 0.25) is 5.02 Å². The van der Waals surface area contributed by atoms with Crippen LogP contribution < -0.4 is 9.47 Å². The van der Waals surface area contributed by atoms with Gasteiger partial charge in [-0.1, -0.05) is 30.7 Å². The number of nitro groups is 1. The second kappa shape index (κ2) is 10.5. The fraction of sp³-hybridized carbons (Fsp3) is 0.154. The van der Waals surface area contributed by atoms with Gasteiger partial charge in [-0.2, -0.15) is 18.4 Å². The average Bonchev–Trinajstić information content (AvgIpc) is 2.91. The highest BCUT2D eigenvalue weighted by Gasteiger charge is 2.45. The molecule has 1 atom stereocenters. The maximum atomic E-state index is 13.4. The highest BCUT2D eigenvalue weighted by atomic mass is 35.5. The molecular weight excluding hydrogens is 541 g/mol. The number of carbonyl (C=O) groups excluding carboxylic acids is 1. The quantitative estimate of drug-likeness (QED) is 0.171. The van der Waals surface area contributed by atoms with Crippen molar-refractivity contribution in [2.75, 3.05) is 0 Å². The Morgan fingerprint density at radius 1 is 1.10 bits per heavy atom. The number of ether oxygens (including phenoxy) is 2. The number of hydrogen-bond acceptors (Lipinski definition) is 8. The van der Waals surface area contributed by atoms with Crippen molar-refractivity contribution >= 4 is 34.1 Å². The smallest absolute Gasteiger partial charge is 0.416 e. The summed E-state index contributed by atoms with van der Waals surface area (Å²) in [6.07, 6.45) is -3.81. The number of halogens is 4. The summed E-state index contributed by atoms with van der Waals surface area (Å²) in [5.41, 5.74) is -3.92. The first-order chi connectivity index (χ1) is 18.5. The largest absolute Gasteiger partial charge is 0.453 e. The molecule has 1 unspecified atom stereocenters. The molecule has 0 aliphatic rings. The number of aromatic nitrogens is 2. The number of nitrogens with zero attached hydrogens (tertiary/aromatic N) is 4. The topological polar surface area (TPSA) is 128 Å². The lowest BCUT2D eigenvalue weighted by Gasteiger charge is -2.27. The molecule has 0 aliphatic carbocycles. The van der Waals surface area contributed by atoms with Gasteiger partial charge < -0.3 is 9.47 Å². The molecule has 9 nitrogen and oxygen atoms in total. The number of benzene rings is 3. The Morgan fingerprint density at radius 3 is 2.51 bits per heavy atom. The van der Waals surface area contributed by atoms with E-state index in [2.05, 4.69) is 9.97 Å². The molecule has 4 aromatic rings. The van der Waals surface area contributed by atoms with Gasteiger partial charge in [0.15, 0.2) is 5.78 Å². The third-order valence-electron chi connectivity index (χ3n) is 5.56. The molecule has 0 fully saturated rings. The van der Waals surface area contributed by atoms with Gasteiger partial charge in [0.25, 0.3) is 5.60 Å². The third kappa shape index (κ3) is 5.58. The lowest BCUT2D eigenvalue weighted by atomic mass is 9.88. The number of nitriles is 1. The van der Waals surface area contributed by atoms with E-state index < -0.39 is 45.0 Å². The Balaban J connectivity index is 1.79. The lowest BCUT2D eigenvalue weighted by molar-refractivity contribution is -0.386. The predicted molar refractivity (Wildman–Crippen MR) is 132 cm³/mol. The van der Waals surface area contributed by atoms with Crippen LogP contribution in [0.4, 0.5) is 18.9 Å². The molecule has 0 saturated heterocycles. The predicted octanol–water partition coefficient (Wildman–Crippen LogP) is 6.78. The second-order valence-electron chi connectivity index (χ2n) is 8.08. The molecule has 0 amide bonds. The molecule has 0 saturated carbocycles. The maximum absolute atomic E-state index is 13.4. The van der Waals surface area contributed by atoms with E-state index in [9.17, 15) is 33.3 Å². The SMILES string of the molecule is CCC(=O)C(C#N)(Oc1cc(Oc2cnc3cc(Cl)ccc3n2)ccc1[N+](=O)[O-])c1cccc(C(F)(F)F)c1. The molecule has 4 rings (SSSR count). The Morgan fingerprint density at radius 2 is 1.85 bits per heavy atom. The molecule has 13 heteroatoms. The zero-order valence-corrected chi connectivity index (χ0v) is 20.7. The molecule has 0 radical (unpaired) electrons. The van der Waals surface area contributed by atoms with Crippen molar-refractivity contribution in [3.63, 3.8) is 0 Å². The van der Waals surface area contributed by atoms with E-state index in [0.717, 1.165) is 30.3 Å². The van der Waals surface area contributed by atoms with Gasteiger partial charge in [0.1, 0.15) is 11.8 Å². The second-order valence-corrected chi connectivity index (χ2v) is 8.52. The normalized spacial score (nSPS) is 12.8. The lowest BCUT2D eigenvalue weighted by Crippen LogP contribution is -2.40. The van der Waals surface area contributed by atoms with E-state index >= 15 is 0 Å². The van der Waals surface area contributed by atoms with Crippen molar-refractivity contribution in [2.45, 2.75) is 25.1 Å². The highest BCUT2D eigenvalue weighted by Crippen LogP contribution is 2.40. The fourth-order valence-corrected chi connectivity index (χ4v) is 3.85. The standard InChI is InChI=1S/C26H16ClF3N4O5/c1-2-23(35)25(14-31,15-4-3-5-16(10-15)26(28,29)30)39-22-12-18(7-9-21(22)34(36)37)38-24-13-32-20-11-17(27)6-8-19(20)33-24/h3-13H,2H2,1H3. The highest BCUT2D eigenvalue weighted by molar-refractivity contribution is 6.31. The Labute approximate surface area is 223 Å². The monoisotopic (exact) mass is 556 g/mol. The van der Waals surface area contributed by atoms with Crippen molar-refractivity contribution in [2.24, 2.45) is 0 Å². The molecule has 0 aliphatic heterocycles. The molecule has 0 N–H and O–H groups in total. The molecule has 3 aromatic carbocycles. The molecule has 0 bridgehead atoms. The van der Waals surface area contributed by atoms with Crippen LogP contribution in [0.5, 0.6) is 17.4 Å². The van der Waals surface area contributed by atoms with E-state index in [1.165, 1.54) is 19.2 Å². The zero-order chi connectivity index (χ0) is 28.4. The molecule has 1 aromatic heterocycles. The van der Waals surface area contributed by atoms with Crippen LogP contribution in [0.1, 0.15) is 24.5 Å².